The lowest BCUT2D eigenvalue weighted by Gasteiger charge is -2.26. The Kier molecular flexibility index (Phi) is 5.12. The Morgan fingerprint density at radius 2 is 1.93 bits per heavy atom. The van der Waals surface area contributed by atoms with Crippen LogP contribution in [0.5, 0.6) is 5.75 Å². The van der Waals surface area contributed by atoms with Gasteiger partial charge in [-0.2, -0.15) is 5.10 Å². The summed E-state index contributed by atoms with van der Waals surface area (Å²) >= 11 is 6.32. The summed E-state index contributed by atoms with van der Waals surface area (Å²) in [6.45, 7) is 1.75. The maximum atomic E-state index is 12.6. The molecule has 138 valence electrons. The number of benzene rings is 2. The summed E-state index contributed by atoms with van der Waals surface area (Å²) in [7, 11) is 0. The molecule has 1 atom stereocenters. The van der Waals surface area contributed by atoms with Crippen molar-refractivity contribution in [3.05, 3.63) is 87.3 Å². The second-order valence-corrected chi connectivity index (χ2v) is 6.95. The van der Waals surface area contributed by atoms with E-state index in [9.17, 15) is 4.79 Å². The number of aromatic nitrogens is 2. The van der Waals surface area contributed by atoms with Crippen molar-refractivity contribution in [2.24, 2.45) is 0 Å². The first-order valence-electron chi connectivity index (χ1n) is 8.97. The van der Waals surface area contributed by atoms with Gasteiger partial charge >= 0.3 is 0 Å². The maximum Gasteiger partial charge on any atom is 0.287 e. The minimum Gasteiger partial charge on any atom is -0.493 e. The molecule has 0 amide bonds. The van der Waals surface area contributed by atoms with E-state index in [1.54, 1.807) is 6.20 Å². The number of halogens is 1. The summed E-state index contributed by atoms with van der Waals surface area (Å²) in [5.74, 6) is 1.23. The number of hydrogen-bond donors (Lipinski definition) is 1. The lowest BCUT2D eigenvalue weighted by molar-refractivity contribution is 0.270. The second kappa shape index (κ2) is 7.84. The number of rotatable bonds is 5. The number of nitrogens with one attached hydrogen (secondary N) is 1. The Morgan fingerprint density at radius 3 is 2.78 bits per heavy atom. The van der Waals surface area contributed by atoms with Crippen molar-refractivity contribution in [2.45, 2.75) is 18.9 Å². The fourth-order valence-corrected chi connectivity index (χ4v) is 3.53. The van der Waals surface area contributed by atoms with Crippen molar-refractivity contribution in [1.29, 1.82) is 0 Å². The fraction of sp³-hybridized carbons (Fsp3) is 0.238. The molecule has 1 aliphatic rings. The molecule has 0 saturated carbocycles. The summed E-state index contributed by atoms with van der Waals surface area (Å²) < 4.78 is 7.08. The smallest absolute Gasteiger partial charge is 0.287 e. The molecular formula is C21H20ClN3O2. The van der Waals surface area contributed by atoms with Gasteiger partial charge in [0.1, 0.15) is 10.8 Å². The van der Waals surface area contributed by atoms with Crippen molar-refractivity contribution in [3.63, 3.8) is 0 Å². The molecule has 1 unspecified atom stereocenters. The third-order valence-electron chi connectivity index (χ3n) is 4.78. The normalized spacial score (nSPS) is 15.7. The summed E-state index contributed by atoms with van der Waals surface area (Å²) in [6.07, 6.45) is 2.54. The zero-order chi connectivity index (χ0) is 18.6. The van der Waals surface area contributed by atoms with E-state index in [1.165, 1.54) is 10.2 Å². The van der Waals surface area contributed by atoms with E-state index in [4.69, 9.17) is 16.3 Å². The van der Waals surface area contributed by atoms with Crippen molar-refractivity contribution in [2.75, 3.05) is 18.5 Å². The van der Waals surface area contributed by atoms with Crippen LogP contribution in [0.25, 0.3) is 0 Å². The highest BCUT2D eigenvalue weighted by atomic mass is 35.5. The highest BCUT2D eigenvalue weighted by Crippen LogP contribution is 2.33. The standard InChI is InChI=1S/C21H20ClN3O2/c22-20-18(13-24-25(21(20)26)14-15-6-2-1-3-7-15)23-12-16-10-11-27-19-9-5-4-8-17(16)19/h1-9,13,16,23H,10-12,14H2. The predicted molar refractivity (Wildman–Crippen MR) is 107 cm³/mol. The van der Waals surface area contributed by atoms with Crippen LogP contribution >= 0.6 is 11.6 Å². The molecule has 0 fully saturated rings. The van der Waals surface area contributed by atoms with Gasteiger partial charge in [0, 0.05) is 12.5 Å². The molecule has 0 radical (unpaired) electrons. The Labute approximate surface area is 162 Å². The van der Waals surface area contributed by atoms with Crippen molar-refractivity contribution < 1.29 is 4.74 Å². The zero-order valence-corrected chi connectivity index (χ0v) is 15.5. The molecule has 2 heterocycles. The number of fused-ring (bicyclic) bond motifs is 1. The summed E-state index contributed by atoms with van der Waals surface area (Å²) in [5, 5.41) is 7.73. The molecule has 0 saturated heterocycles. The zero-order valence-electron chi connectivity index (χ0n) is 14.8. The van der Waals surface area contributed by atoms with Crippen molar-refractivity contribution in [3.8, 4) is 5.75 Å². The van der Waals surface area contributed by atoms with Crippen LogP contribution in [0.2, 0.25) is 5.02 Å². The van der Waals surface area contributed by atoms with Crippen LogP contribution in [0, 0.1) is 0 Å². The molecule has 1 aromatic heterocycles. The number of hydrogen-bond acceptors (Lipinski definition) is 4. The van der Waals surface area contributed by atoms with Crippen LogP contribution in [0.1, 0.15) is 23.5 Å². The average Bonchev–Trinajstić information content (AvgIpc) is 2.72. The predicted octanol–water partition coefficient (Wildman–Crippen LogP) is 3.92. The number of nitrogens with zero attached hydrogens (tertiary/aromatic N) is 2. The quantitative estimate of drug-likeness (QED) is 0.727. The first-order valence-corrected chi connectivity index (χ1v) is 9.35. The van der Waals surface area contributed by atoms with Gasteiger partial charge in [-0.05, 0) is 23.6 Å². The van der Waals surface area contributed by atoms with E-state index in [-0.39, 0.29) is 10.6 Å². The van der Waals surface area contributed by atoms with E-state index in [0.29, 0.717) is 31.3 Å². The molecular weight excluding hydrogens is 362 g/mol. The van der Waals surface area contributed by atoms with Crippen molar-refractivity contribution >= 4 is 17.3 Å². The Hall–Kier alpha value is -2.79. The second-order valence-electron chi connectivity index (χ2n) is 6.57. The van der Waals surface area contributed by atoms with Gasteiger partial charge in [0.15, 0.2) is 0 Å². The van der Waals surface area contributed by atoms with E-state index < -0.39 is 0 Å². The highest BCUT2D eigenvalue weighted by molar-refractivity contribution is 6.32. The summed E-state index contributed by atoms with van der Waals surface area (Å²) in [5.41, 5.74) is 2.45. The van der Waals surface area contributed by atoms with Crippen LogP contribution in [0.4, 0.5) is 5.69 Å². The molecule has 0 spiro atoms. The fourth-order valence-electron chi connectivity index (χ4n) is 3.32. The van der Waals surface area contributed by atoms with Crippen LogP contribution in [-0.2, 0) is 6.54 Å². The monoisotopic (exact) mass is 381 g/mol. The average molecular weight is 382 g/mol. The first-order chi connectivity index (χ1) is 13.2. The molecule has 0 aliphatic carbocycles. The van der Waals surface area contributed by atoms with E-state index in [2.05, 4.69) is 16.5 Å². The third-order valence-corrected chi connectivity index (χ3v) is 5.15. The SMILES string of the molecule is O=c1c(Cl)c(NCC2CCOc3ccccc32)cnn1Cc1ccccc1. The molecule has 1 aliphatic heterocycles. The van der Waals surface area contributed by atoms with Crippen LogP contribution in [-0.4, -0.2) is 22.9 Å². The molecule has 4 rings (SSSR count). The van der Waals surface area contributed by atoms with E-state index in [1.807, 2.05) is 48.5 Å². The number of para-hydroxylation sites is 1. The highest BCUT2D eigenvalue weighted by Gasteiger charge is 2.21. The van der Waals surface area contributed by atoms with Gasteiger partial charge in [-0.25, -0.2) is 4.68 Å². The molecule has 1 N–H and O–H groups in total. The topological polar surface area (TPSA) is 56.1 Å². The summed E-state index contributed by atoms with van der Waals surface area (Å²) in [6, 6.07) is 17.8. The first kappa shape index (κ1) is 17.6. The van der Waals surface area contributed by atoms with Gasteiger partial charge in [-0.15, -0.1) is 0 Å². The lowest BCUT2D eigenvalue weighted by atomic mass is 9.93. The lowest BCUT2D eigenvalue weighted by Crippen LogP contribution is -2.26. The molecule has 6 heteroatoms. The van der Waals surface area contributed by atoms with E-state index >= 15 is 0 Å². The minimum absolute atomic E-state index is 0.168. The Bertz CT molecular complexity index is 988. The van der Waals surface area contributed by atoms with Crippen LogP contribution in [0.3, 0.4) is 0 Å². The van der Waals surface area contributed by atoms with Crippen LogP contribution in [0.15, 0.2) is 65.6 Å². The van der Waals surface area contributed by atoms with Gasteiger partial charge in [0.2, 0.25) is 0 Å². The largest absolute Gasteiger partial charge is 0.493 e. The number of anilines is 1. The Morgan fingerprint density at radius 1 is 1.15 bits per heavy atom. The van der Waals surface area contributed by atoms with Crippen LogP contribution < -0.4 is 15.6 Å². The van der Waals surface area contributed by atoms with Gasteiger partial charge < -0.3 is 10.1 Å². The third kappa shape index (κ3) is 3.83. The van der Waals surface area contributed by atoms with Gasteiger partial charge in [0.05, 0.1) is 25.0 Å². The van der Waals surface area contributed by atoms with E-state index in [0.717, 1.165) is 17.7 Å². The molecule has 5 nitrogen and oxygen atoms in total. The number of ether oxygens (including phenoxy) is 1. The molecule has 27 heavy (non-hydrogen) atoms. The van der Waals surface area contributed by atoms with Gasteiger partial charge in [0.25, 0.3) is 5.56 Å². The van der Waals surface area contributed by atoms with Gasteiger partial charge in [-0.1, -0.05) is 60.1 Å². The molecule has 0 bridgehead atoms. The molecule has 3 aromatic rings. The van der Waals surface area contributed by atoms with Crippen molar-refractivity contribution in [1.82, 2.24) is 9.78 Å². The summed E-state index contributed by atoms with van der Waals surface area (Å²) in [4.78, 5) is 12.6. The maximum absolute atomic E-state index is 12.6. The van der Waals surface area contributed by atoms with Gasteiger partial charge in [-0.3, -0.25) is 4.79 Å². The minimum atomic E-state index is -0.294. The Balaban J connectivity index is 1.49. The molecule has 2 aromatic carbocycles.